The molecule has 1 aromatic rings. The van der Waals surface area contributed by atoms with E-state index in [2.05, 4.69) is 5.32 Å². The minimum absolute atomic E-state index is 0.0370. The number of carbonyl (C=O) groups is 2. The number of benzene rings is 1. The summed E-state index contributed by atoms with van der Waals surface area (Å²) in [5.41, 5.74) is 0.607. The lowest BCUT2D eigenvalue weighted by Gasteiger charge is -2.31. The van der Waals surface area contributed by atoms with E-state index in [4.69, 9.17) is 14.2 Å². The number of ether oxygens (including phenoxy) is 3. The number of esters is 1. The molecule has 6 nitrogen and oxygen atoms in total. The average molecular weight is 345 g/mol. The van der Waals surface area contributed by atoms with E-state index in [1.807, 2.05) is 13.0 Å². The molecule has 4 rings (SSSR count). The van der Waals surface area contributed by atoms with E-state index >= 15 is 0 Å². The second kappa shape index (κ2) is 6.24. The van der Waals surface area contributed by atoms with Gasteiger partial charge in [0.25, 0.3) is 11.7 Å². The molecule has 1 N–H and O–H groups in total. The SMILES string of the molecule is C[C@@H]1C[C@@H]1C(=O)OCC(=O)Nc1ccc2c(c1)OC1(CCCCC1)O2. The van der Waals surface area contributed by atoms with Crippen LogP contribution in [0.25, 0.3) is 0 Å². The maximum atomic E-state index is 12.0. The zero-order valence-electron chi connectivity index (χ0n) is 14.4. The molecule has 2 fully saturated rings. The lowest BCUT2D eigenvalue weighted by atomic mass is 9.94. The van der Waals surface area contributed by atoms with Crippen LogP contribution < -0.4 is 14.8 Å². The lowest BCUT2D eigenvalue weighted by Crippen LogP contribution is -2.40. The molecule has 25 heavy (non-hydrogen) atoms. The van der Waals surface area contributed by atoms with Crippen molar-refractivity contribution in [2.75, 3.05) is 11.9 Å². The molecular formula is C19H23NO5. The zero-order valence-corrected chi connectivity index (χ0v) is 14.4. The smallest absolute Gasteiger partial charge is 0.309 e. The van der Waals surface area contributed by atoms with Crippen molar-refractivity contribution >= 4 is 17.6 Å². The van der Waals surface area contributed by atoms with Crippen molar-refractivity contribution in [2.24, 2.45) is 11.8 Å². The highest BCUT2D eigenvalue weighted by Gasteiger charge is 2.42. The van der Waals surface area contributed by atoms with E-state index in [9.17, 15) is 9.59 Å². The molecule has 3 aliphatic rings. The quantitative estimate of drug-likeness (QED) is 0.848. The van der Waals surface area contributed by atoms with Gasteiger partial charge in [-0.25, -0.2) is 0 Å². The summed E-state index contributed by atoms with van der Waals surface area (Å²) in [4.78, 5) is 23.6. The van der Waals surface area contributed by atoms with Gasteiger partial charge in [0.05, 0.1) is 5.92 Å². The van der Waals surface area contributed by atoms with Crippen molar-refractivity contribution in [3.8, 4) is 11.5 Å². The third-order valence-corrected chi connectivity index (χ3v) is 5.19. The summed E-state index contributed by atoms with van der Waals surface area (Å²) in [6.07, 6.45) is 6.04. The van der Waals surface area contributed by atoms with Crippen molar-refractivity contribution in [1.29, 1.82) is 0 Å². The number of nitrogens with one attached hydrogen (secondary N) is 1. The topological polar surface area (TPSA) is 73.9 Å². The van der Waals surface area contributed by atoms with Gasteiger partial charge in [-0.05, 0) is 37.3 Å². The molecule has 0 bridgehead atoms. The Morgan fingerprint density at radius 1 is 1.20 bits per heavy atom. The highest BCUT2D eigenvalue weighted by molar-refractivity contribution is 5.93. The van der Waals surface area contributed by atoms with Crippen LogP contribution in [0.15, 0.2) is 18.2 Å². The van der Waals surface area contributed by atoms with Gasteiger partial charge < -0.3 is 19.5 Å². The Morgan fingerprint density at radius 2 is 1.92 bits per heavy atom. The van der Waals surface area contributed by atoms with Crippen molar-refractivity contribution in [1.82, 2.24) is 0 Å². The van der Waals surface area contributed by atoms with Gasteiger partial charge in [-0.2, -0.15) is 0 Å². The van der Waals surface area contributed by atoms with Gasteiger partial charge in [-0.15, -0.1) is 0 Å². The summed E-state index contributed by atoms with van der Waals surface area (Å²) in [6, 6.07) is 5.35. The molecule has 134 valence electrons. The van der Waals surface area contributed by atoms with Gasteiger partial charge in [0.15, 0.2) is 18.1 Å². The van der Waals surface area contributed by atoms with E-state index in [0.29, 0.717) is 23.1 Å². The first kappa shape index (κ1) is 16.2. The van der Waals surface area contributed by atoms with E-state index in [0.717, 1.165) is 32.1 Å². The van der Waals surface area contributed by atoms with Crippen molar-refractivity contribution < 1.29 is 23.8 Å². The number of carbonyl (C=O) groups excluding carboxylic acids is 2. The fourth-order valence-corrected chi connectivity index (χ4v) is 3.56. The molecule has 0 aromatic heterocycles. The summed E-state index contributed by atoms with van der Waals surface area (Å²) in [5.74, 6) is 0.541. The third-order valence-electron chi connectivity index (χ3n) is 5.19. The summed E-state index contributed by atoms with van der Waals surface area (Å²) in [5, 5.41) is 2.74. The fourth-order valence-electron chi connectivity index (χ4n) is 3.56. The number of amides is 1. The first-order valence-corrected chi connectivity index (χ1v) is 9.03. The molecule has 2 aliphatic carbocycles. The molecule has 0 unspecified atom stereocenters. The number of rotatable bonds is 4. The molecule has 2 saturated carbocycles. The Labute approximate surface area is 146 Å². The van der Waals surface area contributed by atoms with E-state index in [-0.39, 0.29) is 24.4 Å². The molecule has 1 heterocycles. The number of anilines is 1. The molecule has 1 spiro atoms. The predicted molar refractivity (Wildman–Crippen MR) is 90.4 cm³/mol. The molecular weight excluding hydrogens is 322 g/mol. The number of hydrogen-bond donors (Lipinski definition) is 1. The van der Waals surface area contributed by atoms with Crippen LogP contribution in [0.2, 0.25) is 0 Å². The molecule has 2 atom stereocenters. The molecule has 6 heteroatoms. The monoisotopic (exact) mass is 345 g/mol. The molecule has 1 aromatic carbocycles. The Morgan fingerprint density at radius 3 is 2.64 bits per heavy atom. The predicted octanol–water partition coefficient (Wildman–Crippen LogP) is 3.26. The standard InChI is InChI=1S/C19H23NO5/c1-12-9-14(12)18(22)23-11-17(21)20-13-5-6-15-16(10-13)25-19(24-15)7-3-2-4-8-19/h5-6,10,12,14H,2-4,7-9,11H2,1H3,(H,20,21)/t12-,14+/m1/s1. The first-order chi connectivity index (χ1) is 12.0. The molecule has 1 aliphatic heterocycles. The van der Waals surface area contributed by atoms with Crippen LogP contribution in [0.4, 0.5) is 5.69 Å². The largest absolute Gasteiger partial charge is 0.455 e. The van der Waals surface area contributed by atoms with E-state index in [1.165, 1.54) is 6.42 Å². The summed E-state index contributed by atoms with van der Waals surface area (Å²) in [6.45, 7) is 1.73. The Bertz CT molecular complexity index is 695. The Balaban J connectivity index is 1.33. The second-order valence-electron chi connectivity index (χ2n) is 7.31. The van der Waals surface area contributed by atoms with Gasteiger partial charge in [0.1, 0.15) is 0 Å². The number of fused-ring (bicyclic) bond motifs is 1. The van der Waals surface area contributed by atoms with Crippen LogP contribution in [0.3, 0.4) is 0 Å². The van der Waals surface area contributed by atoms with Gasteiger partial charge >= 0.3 is 5.97 Å². The maximum absolute atomic E-state index is 12.0. The fraction of sp³-hybridized carbons (Fsp3) is 0.579. The molecule has 0 radical (unpaired) electrons. The normalized spacial score (nSPS) is 25.5. The summed E-state index contributed by atoms with van der Waals surface area (Å²) >= 11 is 0. The van der Waals surface area contributed by atoms with Gasteiger partial charge in [0.2, 0.25) is 0 Å². The highest BCUT2D eigenvalue weighted by Crippen LogP contribution is 2.46. The van der Waals surface area contributed by atoms with Crippen molar-refractivity contribution in [3.05, 3.63) is 18.2 Å². The number of hydrogen-bond acceptors (Lipinski definition) is 5. The minimum Gasteiger partial charge on any atom is -0.455 e. The van der Waals surface area contributed by atoms with Crippen LogP contribution >= 0.6 is 0 Å². The zero-order chi connectivity index (χ0) is 17.4. The third kappa shape index (κ3) is 3.43. The molecule has 1 amide bonds. The van der Waals surface area contributed by atoms with E-state index < -0.39 is 5.79 Å². The summed E-state index contributed by atoms with van der Waals surface area (Å²) in [7, 11) is 0. The van der Waals surface area contributed by atoms with Gasteiger partial charge in [-0.1, -0.05) is 13.3 Å². The average Bonchev–Trinajstić information content (AvgIpc) is 3.23. The summed E-state index contributed by atoms with van der Waals surface area (Å²) < 4.78 is 17.1. The minimum atomic E-state index is -0.528. The molecule has 0 saturated heterocycles. The van der Waals surface area contributed by atoms with Gasteiger partial charge in [0, 0.05) is 24.6 Å². The lowest BCUT2D eigenvalue weighted by molar-refractivity contribution is -0.148. The Kier molecular flexibility index (Phi) is 4.06. The second-order valence-corrected chi connectivity index (χ2v) is 7.31. The van der Waals surface area contributed by atoms with Crippen molar-refractivity contribution in [2.45, 2.75) is 51.2 Å². The van der Waals surface area contributed by atoms with Crippen LogP contribution in [0.1, 0.15) is 45.4 Å². The van der Waals surface area contributed by atoms with Gasteiger partial charge in [-0.3, -0.25) is 9.59 Å². The van der Waals surface area contributed by atoms with Crippen LogP contribution in [-0.4, -0.2) is 24.3 Å². The van der Waals surface area contributed by atoms with Crippen LogP contribution in [0, 0.1) is 11.8 Å². The highest BCUT2D eigenvalue weighted by atomic mass is 16.7. The van der Waals surface area contributed by atoms with Crippen molar-refractivity contribution in [3.63, 3.8) is 0 Å². The van der Waals surface area contributed by atoms with Crippen LogP contribution in [-0.2, 0) is 14.3 Å². The first-order valence-electron chi connectivity index (χ1n) is 9.03. The van der Waals surface area contributed by atoms with E-state index in [1.54, 1.807) is 12.1 Å². The van der Waals surface area contributed by atoms with Crippen LogP contribution in [0.5, 0.6) is 11.5 Å². The Hall–Kier alpha value is -2.24. The maximum Gasteiger partial charge on any atom is 0.309 e.